The summed E-state index contributed by atoms with van der Waals surface area (Å²) >= 11 is 0. The minimum absolute atomic E-state index is 0.0326. The first-order valence-electron chi connectivity index (χ1n) is 7.90. The average Bonchev–Trinajstić information content (AvgIpc) is 2.45. The van der Waals surface area contributed by atoms with E-state index in [4.69, 9.17) is 19.9 Å². The molecule has 3 N–H and O–H groups in total. The van der Waals surface area contributed by atoms with Crippen molar-refractivity contribution in [3.63, 3.8) is 0 Å². The lowest BCUT2D eigenvalue weighted by molar-refractivity contribution is -0.256. The zero-order chi connectivity index (χ0) is 15.0. The topological polar surface area (TPSA) is 73.9 Å². The lowest BCUT2D eigenvalue weighted by Gasteiger charge is -2.43. The maximum Gasteiger partial charge on any atom is 0.175 e. The van der Waals surface area contributed by atoms with Crippen molar-refractivity contribution in [2.24, 2.45) is 11.7 Å². The predicted molar refractivity (Wildman–Crippen MR) is 78.4 cm³/mol. The molecule has 1 aliphatic heterocycles. The van der Waals surface area contributed by atoms with Crippen LogP contribution in [0.15, 0.2) is 0 Å². The van der Waals surface area contributed by atoms with Crippen molar-refractivity contribution in [2.45, 2.75) is 71.0 Å². The zero-order valence-corrected chi connectivity index (χ0v) is 13.1. The summed E-state index contributed by atoms with van der Waals surface area (Å²) in [6.07, 6.45) is 3.27. The van der Waals surface area contributed by atoms with Crippen molar-refractivity contribution in [3.8, 4) is 0 Å². The van der Waals surface area contributed by atoms with E-state index in [9.17, 15) is 5.11 Å². The van der Waals surface area contributed by atoms with Gasteiger partial charge in [-0.15, -0.1) is 0 Å². The van der Waals surface area contributed by atoms with E-state index in [-0.39, 0.29) is 30.8 Å². The van der Waals surface area contributed by atoms with E-state index in [0.29, 0.717) is 13.2 Å². The zero-order valence-electron chi connectivity index (χ0n) is 13.1. The Morgan fingerprint density at radius 3 is 2.25 bits per heavy atom. The highest BCUT2D eigenvalue weighted by Gasteiger charge is 2.42. The van der Waals surface area contributed by atoms with Crippen LogP contribution < -0.4 is 5.73 Å². The van der Waals surface area contributed by atoms with E-state index in [1.165, 1.54) is 0 Å². The summed E-state index contributed by atoms with van der Waals surface area (Å²) in [5.74, 6) is 0.0675. The Morgan fingerprint density at radius 1 is 1.10 bits per heavy atom. The maximum atomic E-state index is 9.45. The fourth-order valence-corrected chi connectivity index (χ4v) is 2.43. The van der Waals surface area contributed by atoms with E-state index < -0.39 is 6.29 Å². The molecule has 0 amide bonds. The van der Waals surface area contributed by atoms with Gasteiger partial charge in [0, 0.05) is 19.1 Å². The predicted octanol–water partition coefficient (Wildman–Crippen LogP) is 1.67. The van der Waals surface area contributed by atoms with E-state index in [1.807, 2.05) is 6.92 Å². The number of aliphatic hydroxyl groups excluding tert-OH is 1. The number of ether oxygens (including phenoxy) is 3. The van der Waals surface area contributed by atoms with Gasteiger partial charge >= 0.3 is 0 Å². The molecule has 0 spiro atoms. The molecule has 1 aliphatic rings. The Balaban J connectivity index is 2.58. The smallest absolute Gasteiger partial charge is 0.175 e. The van der Waals surface area contributed by atoms with Crippen LogP contribution >= 0.6 is 0 Å². The number of nitrogens with two attached hydrogens (primary N) is 1. The first kappa shape index (κ1) is 17.9. The van der Waals surface area contributed by atoms with Crippen LogP contribution in [0.25, 0.3) is 0 Å². The Bertz CT molecular complexity index is 252. The molecule has 0 aromatic heterocycles. The van der Waals surface area contributed by atoms with E-state index in [1.54, 1.807) is 0 Å². The number of aliphatic hydroxyl groups is 1. The van der Waals surface area contributed by atoms with Crippen LogP contribution in [-0.2, 0) is 14.2 Å². The van der Waals surface area contributed by atoms with Crippen LogP contribution in [0.5, 0.6) is 0 Å². The molecule has 0 aromatic rings. The first-order valence-corrected chi connectivity index (χ1v) is 7.90. The van der Waals surface area contributed by atoms with E-state index >= 15 is 0 Å². The normalized spacial score (nSPS) is 34.4. The monoisotopic (exact) mass is 289 g/mol. The second kappa shape index (κ2) is 9.68. The van der Waals surface area contributed by atoms with Gasteiger partial charge in [0.25, 0.3) is 0 Å². The second-order valence-corrected chi connectivity index (χ2v) is 5.58. The third kappa shape index (κ3) is 4.97. The Kier molecular flexibility index (Phi) is 8.64. The molecule has 1 fully saturated rings. The fourth-order valence-electron chi connectivity index (χ4n) is 2.43. The summed E-state index contributed by atoms with van der Waals surface area (Å²) in [5.41, 5.74) is 6.24. The summed E-state index contributed by atoms with van der Waals surface area (Å²) in [6.45, 7) is 7.54. The molecule has 0 bridgehead atoms. The molecule has 5 nitrogen and oxygen atoms in total. The quantitative estimate of drug-likeness (QED) is 0.632. The molecule has 0 aromatic carbocycles. The molecule has 0 aliphatic carbocycles. The summed E-state index contributed by atoms with van der Waals surface area (Å²) < 4.78 is 17.4. The summed E-state index contributed by atoms with van der Waals surface area (Å²) in [4.78, 5) is 0. The van der Waals surface area contributed by atoms with Gasteiger partial charge < -0.3 is 25.1 Å². The van der Waals surface area contributed by atoms with Crippen molar-refractivity contribution in [1.82, 2.24) is 0 Å². The van der Waals surface area contributed by atoms with Crippen molar-refractivity contribution in [3.05, 3.63) is 0 Å². The molecule has 0 radical (unpaired) electrons. The number of hydrogen-bond acceptors (Lipinski definition) is 5. The van der Waals surface area contributed by atoms with E-state index in [2.05, 4.69) is 13.8 Å². The molecule has 1 saturated heterocycles. The van der Waals surface area contributed by atoms with E-state index in [0.717, 1.165) is 25.7 Å². The number of rotatable bonds is 9. The maximum absolute atomic E-state index is 9.45. The Morgan fingerprint density at radius 2 is 1.70 bits per heavy atom. The van der Waals surface area contributed by atoms with Gasteiger partial charge in [0.1, 0.15) is 0 Å². The van der Waals surface area contributed by atoms with Crippen molar-refractivity contribution >= 4 is 0 Å². The van der Waals surface area contributed by atoms with Crippen LogP contribution in [0, 0.1) is 5.92 Å². The molecular formula is C15H31NO4. The van der Waals surface area contributed by atoms with Crippen molar-refractivity contribution < 1.29 is 19.3 Å². The Labute approximate surface area is 122 Å². The standard InChI is InChI=1S/C15H31NO4/c1-4-6-8-18-14-11(3)12(10-17)20-15(13(14)16)19-9-7-5-2/h11-15,17H,4-10,16H2,1-3H3/t11?,12?,13?,14?,15-/m0/s1. The molecule has 5 atom stereocenters. The lowest BCUT2D eigenvalue weighted by atomic mass is 9.89. The number of hydrogen-bond donors (Lipinski definition) is 2. The summed E-state index contributed by atoms with van der Waals surface area (Å²) in [6, 6.07) is -0.304. The van der Waals surface area contributed by atoms with Gasteiger partial charge in [0.2, 0.25) is 0 Å². The van der Waals surface area contributed by atoms with Crippen LogP contribution in [0.2, 0.25) is 0 Å². The molecule has 5 heteroatoms. The molecule has 20 heavy (non-hydrogen) atoms. The van der Waals surface area contributed by atoms with Gasteiger partial charge in [-0.2, -0.15) is 0 Å². The van der Waals surface area contributed by atoms with Gasteiger partial charge in [0.15, 0.2) is 6.29 Å². The minimum Gasteiger partial charge on any atom is -0.394 e. The van der Waals surface area contributed by atoms with Gasteiger partial charge in [-0.25, -0.2) is 0 Å². The van der Waals surface area contributed by atoms with Crippen molar-refractivity contribution in [2.75, 3.05) is 19.8 Å². The summed E-state index contributed by atoms with van der Waals surface area (Å²) in [5, 5.41) is 9.45. The number of unbranched alkanes of at least 4 members (excludes halogenated alkanes) is 2. The van der Waals surface area contributed by atoms with Gasteiger partial charge in [-0.1, -0.05) is 33.6 Å². The molecular weight excluding hydrogens is 258 g/mol. The Hall–Kier alpha value is -0.200. The lowest BCUT2D eigenvalue weighted by Crippen LogP contribution is -2.60. The molecule has 1 rings (SSSR count). The summed E-state index contributed by atoms with van der Waals surface area (Å²) in [7, 11) is 0. The highest BCUT2D eigenvalue weighted by atomic mass is 16.7. The van der Waals surface area contributed by atoms with Crippen LogP contribution in [0.3, 0.4) is 0 Å². The second-order valence-electron chi connectivity index (χ2n) is 5.58. The minimum atomic E-state index is -0.485. The fraction of sp³-hybridized carbons (Fsp3) is 1.00. The molecule has 120 valence electrons. The van der Waals surface area contributed by atoms with Crippen LogP contribution in [0.4, 0.5) is 0 Å². The average molecular weight is 289 g/mol. The largest absolute Gasteiger partial charge is 0.394 e. The van der Waals surface area contributed by atoms with Gasteiger partial charge in [-0.05, 0) is 12.8 Å². The molecule has 0 saturated carbocycles. The van der Waals surface area contributed by atoms with Gasteiger partial charge in [0.05, 0.1) is 24.9 Å². The highest BCUT2D eigenvalue weighted by Crippen LogP contribution is 2.28. The van der Waals surface area contributed by atoms with Crippen LogP contribution in [0.1, 0.15) is 46.5 Å². The van der Waals surface area contributed by atoms with Crippen LogP contribution in [-0.4, -0.2) is 49.5 Å². The third-order valence-electron chi connectivity index (χ3n) is 3.88. The van der Waals surface area contributed by atoms with Gasteiger partial charge in [-0.3, -0.25) is 0 Å². The van der Waals surface area contributed by atoms with Crippen molar-refractivity contribution in [1.29, 1.82) is 0 Å². The first-order chi connectivity index (χ1) is 9.65. The third-order valence-corrected chi connectivity index (χ3v) is 3.88. The SMILES string of the molecule is CCCCOC1C(C)C(CO)O[C@H](OCCCC)C1N. The molecule has 4 unspecified atom stereocenters. The molecule has 1 heterocycles. The highest BCUT2D eigenvalue weighted by molar-refractivity contribution is 4.90.